The molecule has 1 heterocycles. The fourth-order valence-electron chi connectivity index (χ4n) is 3.02. The fraction of sp³-hybridized carbons (Fsp3) is 0.588. The molecule has 27 heavy (non-hydrogen) atoms. The third kappa shape index (κ3) is 5.66. The van der Waals surface area contributed by atoms with Gasteiger partial charge in [-0.1, -0.05) is 12.1 Å². The van der Waals surface area contributed by atoms with E-state index < -0.39 is 38.6 Å². The summed E-state index contributed by atoms with van der Waals surface area (Å²) < 4.78 is 66.1. The number of carbonyl (C=O) groups excluding carboxylic acids is 1. The van der Waals surface area contributed by atoms with Crippen molar-refractivity contribution in [2.45, 2.75) is 36.9 Å². The first-order valence-electron chi connectivity index (χ1n) is 8.68. The van der Waals surface area contributed by atoms with Gasteiger partial charge in [0.1, 0.15) is 0 Å². The van der Waals surface area contributed by atoms with Gasteiger partial charge in [0.15, 0.2) is 0 Å². The molecule has 1 aromatic carbocycles. The number of benzene rings is 1. The summed E-state index contributed by atoms with van der Waals surface area (Å²) in [4.78, 5) is 15.1. The number of hydrogen-bond donors (Lipinski definition) is 1. The Kier molecular flexibility index (Phi) is 6.87. The quantitative estimate of drug-likeness (QED) is 0.750. The van der Waals surface area contributed by atoms with Crippen LogP contribution in [0.1, 0.15) is 25.3 Å². The van der Waals surface area contributed by atoms with Crippen LogP contribution in [0.15, 0.2) is 29.2 Å². The zero-order valence-electron chi connectivity index (χ0n) is 15.3. The number of sulfonamides is 1. The van der Waals surface area contributed by atoms with Gasteiger partial charge in [-0.05, 0) is 45.0 Å². The third-order valence-corrected chi connectivity index (χ3v) is 6.11. The van der Waals surface area contributed by atoms with E-state index in [1.165, 1.54) is 17.9 Å². The summed E-state index contributed by atoms with van der Waals surface area (Å²) in [5.74, 6) is -0.498. The van der Waals surface area contributed by atoms with Gasteiger partial charge < -0.3 is 9.80 Å². The molecule has 1 amide bonds. The second-order valence-corrected chi connectivity index (χ2v) is 8.33. The molecule has 1 aromatic rings. The van der Waals surface area contributed by atoms with E-state index in [4.69, 9.17) is 0 Å². The maximum absolute atomic E-state index is 13.1. The van der Waals surface area contributed by atoms with E-state index in [1.54, 1.807) is 7.05 Å². The molecule has 0 spiro atoms. The number of nitrogens with one attached hydrogen (secondary N) is 1. The first-order chi connectivity index (χ1) is 12.5. The van der Waals surface area contributed by atoms with Crippen LogP contribution >= 0.6 is 0 Å². The maximum Gasteiger partial charge on any atom is 0.417 e. The Labute approximate surface area is 157 Å². The van der Waals surface area contributed by atoms with E-state index in [9.17, 15) is 26.4 Å². The smallest absolute Gasteiger partial charge is 0.343 e. The van der Waals surface area contributed by atoms with Gasteiger partial charge in [0.2, 0.25) is 15.9 Å². The van der Waals surface area contributed by atoms with Gasteiger partial charge in [0.25, 0.3) is 0 Å². The number of amides is 1. The zero-order chi connectivity index (χ0) is 20.2. The summed E-state index contributed by atoms with van der Waals surface area (Å²) in [6, 6.07) is 2.71. The molecule has 0 saturated carbocycles. The molecule has 1 fully saturated rings. The predicted octanol–water partition coefficient (Wildman–Crippen LogP) is 1.93. The highest BCUT2D eigenvalue weighted by atomic mass is 32.2. The van der Waals surface area contributed by atoms with E-state index in [0.29, 0.717) is 19.2 Å². The van der Waals surface area contributed by atoms with Crippen molar-refractivity contribution in [1.82, 2.24) is 14.5 Å². The molecule has 0 bridgehead atoms. The van der Waals surface area contributed by atoms with Crippen molar-refractivity contribution >= 4 is 15.9 Å². The Bertz CT molecular complexity index is 762. The van der Waals surface area contributed by atoms with Gasteiger partial charge >= 0.3 is 6.18 Å². The molecule has 1 N–H and O–H groups in total. The Morgan fingerprint density at radius 3 is 2.44 bits per heavy atom. The van der Waals surface area contributed by atoms with Crippen molar-refractivity contribution in [1.29, 1.82) is 0 Å². The molecule has 6 nitrogen and oxygen atoms in total. The molecule has 0 unspecified atom stereocenters. The Morgan fingerprint density at radius 1 is 1.26 bits per heavy atom. The minimum Gasteiger partial charge on any atom is -0.343 e. The fourth-order valence-corrected chi connectivity index (χ4v) is 4.44. The van der Waals surface area contributed by atoms with Gasteiger partial charge in [-0.3, -0.25) is 4.79 Å². The van der Waals surface area contributed by atoms with Crippen LogP contribution in [-0.2, 0) is 21.0 Å². The van der Waals surface area contributed by atoms with Gasteiger partial charge in [0.05, 0.1) is 16.5 Å². The van der Waals surface area contributed by atoms with Gasteiger partial charge in [-0.15, -0.1) is 0 Å². The maximum atomic E-state index is 13.1. The highest BCUT2D eigenvalue weighted by Crippen LogP contribution is 2.33. The first kappa shape index (κ1) is 21.6. The molecule has 1 saturated heterocycles. The van der Waals surface area contributed by atoms with Crippen LogP contribution in [-0.4, -0.2) is 63.4 Å². The number of alkyl halides is 3. The Balaban J connectivity index is 2.05. The van der Waals surface area contributed by atoms with Crippen LogP contribution in [0.5, 0.6) is 0 Å². The molecule has 1 aliphatic heterocycles. The monoisotopic (exact) mass is 407 g/mol. The standard InChI is InChI=1S/C17H24F3N3O3S/c1-13(16(24)22(2)11-12-23-9-5-6-10-23)21-27(25,26)15-8-4-3-7-14(15)17(18,19)20/h3-4,7-8,13,21H,5-6,9-12H2,1-2H3/t13-/m0/s1. The number of likely N-dealkylation sites (N-methyl/N-ethyl adjacent to an activating group) is 1. The largest absolute Gasteiger partial charge is 0.417 e. The normalized spacial score (nSPS) is 17.1. The summed E-state index contributed by atoms with van der Waals surface area (Å²) in [7, 11) is -2.96. The molecule has 0 aliphatic carbocycles. The lowest BCUT2D eigenvalue weighted by atomic mass is 10.2. The van der Waals surface area contributed by atoms with Crippen LogP contribution in [0.4, 0.5) is 13.2 Å². The van der Waals surface area contributed by atoms with E-state index in [1.807, 2.05) is 0 Å². The van der Waals surface area contributed by atoms with Crippen LogP contribution in [0.2, 0.25) is 0 Å². The number of hydrogen-bond acceptors (Lipinski definition) is 4. The van der Waals surface area contributed by atoms with E-state index in [0.717, 1.165) is 38.1 Å². The topological polar surface area (TPSA) is 69.7 Å². The van der Waals surface area contributed by atoms with Crippen molar-refractivity contribution in [3.8, 4) is 0 Å². The van der Waals surface area contributed by atoms with Crippen LogP contribution in [0.3, 0.4) is 0 Å². The summed E-state index contributed by atoms with van der Waals surface area (Å²) >= 11 is 0. The molecule has 1 aliphatic rings. The SMILES string of the molecule is C[C@H](NS(=O)(=O)c1ccccc1C(F)(F)F)C(=O)N(C)CCN1CCCC1. The lowest BCUT2D eigenvalue weighted by Gasteiger charge is -2.25. The average Bonchev–Trinajstić information content (AvgIpc) is 3.11. The molecular formula is C17H24F3N3O3S. The van der Waals surface area contributed by atoms with Crippen molar-refractivity contribution in [3.05, 3.63) is 29.8 Å². The molecule has 2 rings (SSSR count). The van der Waals surface area contributed by atoms with Gasteiger partial charge in [0, 0.05) is 20.1 Å². The lowest BCUT2D eigenvalue weighted by Crippen LogP contribution is -2.47. The number of carbonyl (C=O) groups is 1. The minimum absolute atomic E-state index is 0.421. The number of halogens is 3. The average molecular weight is 407 g/mol. The second kappa shape index (κ2) is 8.57. The molecule has 0 radical (unpaired) electrons. The Hall–Kier alpha value is -1.65. The zero-order valence-corrected chi connectivity index (χ0v) is 16.1. The van der Waals surface area contributed by atoms with Crippen molar-refractivity contribution in [3.63, 3.8) is 0 Å². The van der Waals surface area contributed by atoms with Crippen molar-refractivity contribution < 1.29 is 26.4 Å². The summed E-state index contributed by atoms with van der Waals surface area (Å²) in [6.07, 6.45) is -2.58. The summed E-state index contributed by atoms with van der Waals surface area (Å²) in [5, 5.41) is 0. The molecule has 10 heteroatoms. The van der Waals surface area contributed by atoms with Gasteiger partial charge in [-0.2, -0.15) is 17.9 Å². The van der Waals surface area contributed by atoms with Crippen LogP contribution in [0, 0.1) is 0 Å². The molecular weight excluding hydrogens is 383 g/mol. The predicted molar refractivity (Wildman–Crippen MR) is 94.5 cm³/mol. The van der Waals surface area contributed by atoms with E-state index >= 15 is 0 Å². The van der Waals surface area contributed by atoms with Crippen molar-refractivity contribution in [2.24, 2.45) is 0 Å². The summed E-state index contributed by atoms with van der Waals surface area (Å²) in [6.45, 7) is 4.36. The lowest BCUT2D eigenvalue weighted by molar-refractivity contribution is -0.139. The Morgan fingerprint density at radius 2 is 1.85 bits per heavy atom. The molecule has 0 aromatic heterocycles. The second-order valence-electron chi connectivity index (χ2n) is 6.65. The van der Waals surface area contributed by atoms with Crippen molar-refractivity contribution in [2.75, 3.05) is 33.2 Å². The van der Waals surface area contributed by atoms with E-state index in [-0.39, 0.29) is 0 Å². The van der Waals surface area contributed by atoms with Gasteiger partial charge in [-0.25, -0.2) is 8.42 Å². The van der Waals surface area contributed by atoms with Crippen LogP contribution in [0.25, 0.3) is 0 Å². The minimum atomic E-state index is -4.81. The third-order valence-electron chi connectivity index (χ3n) is 4.51. The van der Waals surface area contributed by atoms with E-state index in [2.05, 4.69) is 9.62 Å². The number of nitrogens with zero attached hydrogens (tertiary/aromatic N) is 2. The summed E-state index contributed by atoms with van der Waals surface area (Å²) in [5.41, 5.74) is -1.26. The highest BCUT2D eigenvalue weighted by Gasteiger charge is 2.37. The number of likely N-dealkylation sites (tertiary alicyclic amines) is 1. The van der Waals surface area contributed by atoms with Crippen LogP contribution < -0.4 is 4.72 Å². The molecule has 152 valence electrons. The number of rotatable bonds is 7. The first-order valence-corrected chi connectivity index (χ1v) is 10.2. The highest BCUT2D eigenvalue weighted by molar-refractivity contribution is 7.89. The molecule has 1 atom stereocenters.